The van der Waals surface area contributed by atoms with Gasteiger partial charge in [0.1, 0.15) is 6.04 Å². The lowest BCUT2D eigenvalue weighted by Gasteiger charge is -2.38. The highest BCUT2D eigenvalue weighted by Gasteiger charge is 2.36. The average Bonchev–Trinajstić information content (AvgIpc) is 2.77. The molecule has 3 amide bonds. The van der Waals surface area contributed by atoms with Crippen molar-refractivity contribution in [2.45, 2.75) is 58.4 Å². The fourth-order valence-corrected chi connectivity index (χ4v) is 4.47. The van der Waals surface area contributed by atoms with Crippen LogP contribution in [-0.4, -0.2) is 59.7 Å². The van der Waals surface area contributed by atoms with Crippen LogP contribution in [0, 0.1) is 11.8 Å². The molecule has 2 fully saturated rings. The van der Waals surface area contributed by atoms with E-state index in [1.165, 1.54) is 0 Å². The molecule has 2 aliphatic rings. The standard InChI is InChI=1S/C24H35N3O3/c1-18(2)17-21(28)26-15-11-19(12-16-26)22(24(30)27-13-7-4-8-14-27)25-23(29)20-9-5-3-6-10-20/h3,5-6,9-10,18-19,22H,4,7-8,11-17H2,1-2H3,(H,25,29). The second-order valence-corrected chi connectivity index (χ2v) is 9.02. The number of nitrogens with zero attached hydrogens (tertiary/aromatic N) is 2. The van der Waals surface area contributed by atoms with Gasteiger partial charge in [0.15, 0.2) is 0 Å². The van der Waals surface area contributed by atoms with Gasteiger partial charge < -0.3 is 15.1 Å². The van der Waals surface area contributed by atoms with Crippen LogP contribution in [0.1, 0.15) is 62.7 Å². The Morgan fingerprint density at radius 1 is 0.933 bits per heavy atom. The average molecular weight is 414 g/mol. The number of likely N-dealkylation sites (tertiary alicyclic amines) is 2. The maximum Gasteiger partial charge on any atom is 0.251 e. The third-order valence-corrected chi connectivity index (χ3v) is 6.20. The van der Waals surface area contributed by atoms with E-state index in [-0.39, 0.29) is 23.6 Å². The summed E-state index contributed by atoms with van der Waals surface area (Å²) in [5, 5.41) is 3.04. The van der Waals surface area contributed by atoms with Crippen LogP contribution in [0.3, 0.4) is 0 Å². The molecule has 2 saturated heterocycles. The molecule has 1 aromatic carbocycles. The van der Waals surface area contributed by atoms with E-state index in [2.05, 4.69) is 19.2 Å². The summed E-state index contributed by atoms with van der Waals surface area (Å²) in [6.07, 6.45) is 5.24. The number of carbonyl (C=O) groups excluding carboxylic acids is 3. The van der Waals surface area contributed by atoms with Gasteiger partial charge in [-0.1, -0.05) is 32.0 Å². The number of benzene rings is 1. The van der Waals surface area contributed by atoms with Crippen molar-refractivity contribution in [3.05, 3.63) is 35.9 Å². The molecule has 164 valence electrons. The molecule has 6 nitrogen and oxygen atoms in total. The molecule has 2 aliphatic heterocycles. The maximum atomic E-state index is 13.4. The van der Waals surface area contributed by atoms with Crippen molar-refractivity contribution in [1.82, 2.24) is 15.1 Å². The summed E-state index contributed by atoms with van der Waals surface area (Å²) < 4.78 is 0. The summed E-state index contributed by atoms with van der Waals surface area (Å²) in [5.41, 5.74) is 0.568. The fraction of sp³-hybridized carbons (Fsp3) is 0.625. The molecule has 6 heteroatoms. The minimum absolute atomic E-state index is 0.0333. The number of carbonyl (C=O) groups is 3. The Labute approximate surface area is 180 Å². The number of hydrogen-bond donors (Lipinski definition) is 1. The minimum Gasteiger partial charge on any atom is -0.343 e. The fourth-order valence-electron chi connectivity index (χ4n) is 4.47. The maximum absolute atomic E-state index is 13.4. The number of hydrogen-bond acceptors (Lipinski definition) is 3. The Morgan fingerprint density at radius 3 is 2.17 bits per heavy atom. The normalized spacial score (nSPS) is 18.9. The number of rotatable bonds is 6. The van der Waals surface area contributed by atoms with Crippen molar-refractivity contribution in [3.8, 4) is 0 Å². The SMILES string of the molecule is CC(C)CC(=O)N1CCC(C(NC(=O)c2ccccc2)C(=O)N2CCCCC2)CC1. The molecule has 3 rings (SSSR count). The van der Waals surface area contributed by atoms with E-state index in [1.807, 2.05) is 28.0 Å². The van der Waals surface area contributed by atoms with Gasteiger partial charge >= 0.3 is 0 Å². The van der Waals surface area contributed by atoms with Crippen molar-refractivity contribution in [3.63, 3.8) is 0 Å². The summed E-state index contributed by atoms with van der Waals surface area (Å²) in [7, 11) is 0. The van der Waals surface area contributed by atoms with Crippen LogP contribution in [0.15, 0.2) is 30.3 Å². The molecule has 1 unspecified atom stereocenters. The Bertz CT molecular complexity index is 720. The van der Waals surface area contributed by atoms with Gasteiger partial charge in [-0.25, -0.2) is 0 Å². The van der Waals surface area contributed by atoms with Gasteiger partial charge in [0.25, 0.3) is 5.91 Å². The van der Waals surface area contributed by atoms with Crippen molar-refractivity contribution in [1.29, 1.82) is 0 Å². The third-order valence-electron chi connectivity index (χ3n) is 6.20. The molecule has 0 saturated carbocycles. The van der Waals surface area contributed by atoms with Crippen molar-refractivity contribution in [2.24, 2.45) is 11.8 Å². The molecule has 1 aromatic rings. The van der Waals surface area contributed by atoms with E-state index in [1.54, 1.807) is 12.1 Å². The van der Waals surface area contributed by atoms with Gasteiger partial charge in [-0.05, 0) is 56.1 Å². The zero-order valence-electron chi connectivity index (χ0n) is 18.3. The zero-order chi connectivity index (χ0) is 21.5. The van der Waals surface area contributed by atoms with Gasteiger partial charge in [0, 0.05) is 38.2 Å². The van der Waals surface area contributed by atoms with Crippen LogP contribution in [0.25, 0.3) is 0 Å². The molecule has 0 radical (unpaired) electrons. The molecule has 2 heterocycles. The van der Waals surface area contributed by atoms with Crippen LogP contribution in [0.5, 0.6) is 0 Å². The Morgan fingerprint density at radius 2 is 1.57 bits per heavy atom. The third kappa shape index (κ3) is 5.83. The second kappa shape index (κ2) is 10.6. The highest BCUT2D eigenvalue weighted by molar-refractivity contribution is 5.97. The topological polar surface area (TPSA) is 69.7 Å². The largest absolute Gasteiger partial charge is 0.343 e. The van der Waals surface area contributed by atoms with Gasteiger partial charge in [0.2, 0.25) is 11.8 Å². The Balaban J connectivity index is 1.69. The molecular weight excluding hydrogens is 378 g/mol. The van der Waals surface area contributed by atoms with Crippen molar-refractivity contribution >= 4 is 17.7 Å². The Hall–Kier alpha value is -2.37. The van der Waals surface area contributed by atoms with Crippen LogP contribution in [-0.2, 0) is 9.59 Å². The quantitative estimate of drug-likeness (QED) is 0.779. The molecule has 30 heavy (non-hydrogen) atoms. The number of amides is 3. The summed E-state index contributed by atoms with van der Waals surface area (Å²) in [5.74, 6) is 0.412. The van der Waals surface area contributed by atoms with Gasteiger partial charge in [-0.15, -0.1) is 0 Å². The van der Waals surface area contributed by atoms with E-state index in [0.717, 1.165) is 45.2 Å². The van der Waals surface area contributed by atoms with Crippen LogP contribution in [0.2, 0.25) is 0 Å². The predicted octanol–water partition coefficient (Wildman–Crippen LogP) is 3.08. The minimum atomic E-state index is -0.529. The Kier molecular flexibility index (Phi) is 7.88. The van der Waals surface area contributed by atoms with E-state index in [4.69, 9.17) is 0 Å². The first-order valence-corrected chi connectivity index (χ1v) is 11.4. The predicted molar refractivity (Wildman–Crippen MR) is 117 cm³/mol. The van der Waals surface area contributed by atoms with Gasteiger partial charge in [-0.2, -0.15) is 0 Å². The van der Waals surface area contributed by atoms with Crippen LogP contribution in [0.4, 0.5) is 0 Å². The second-order valence-electron chi connectivity index (χ2n) is 9.02. The molecule has 0 aromatic heterocycles. The molecule has 0 aliphatic carbocycles. The first-order valence-electron chi connectivity index (χ1n) is 11.4. The highest BCUT2D eigenvalue weighted by atomic mass is 16.2. The summed E-state index contributed by atoms with van der Waals surface area (Å²) in [6, 6.07) is 8.54. The lowest BCUT2D eigenvalue weighted by molar-refractivity contribution is -0.137. The monoisotopic (exact) mass is 413 g/mol. The molecule has 0 bridgehead atoms. The first kappa shape index (κ1) is 22.3. The van der Waals surface area contributed by atoms with E-state index < -0.39 is 6.04 Å². The summed E-state index contributed by atoms with van der Waals surface area (Å²) >= 11 is 0. The zero-order valence-corrected chi connectivity index (χ0v) is 18.3. The number of nitrogens with one attached hydrogen (secondary N) is 1. The smallest absolute Gasteiger partial charge is 0.251 e. The van der Waals surface area contributed by atoms with Crippen LogP contribution >= 0.6 is 0 Å². The highest BCUT2D eigenvalue weighted by Crippen LogP contribution is 2.24. The number of piperidine rings is 2. The van der Waals surface area contributed by atoms with Gasteiger partial charge in [0.05, 0.1) is 0 Å². The molecule has 1 N–H and O–H groups in total. The van der Waals surface area contributed by atoms with E-state index >= 15 is 0 Å². The first-order chi connectivity index (χ1) is 14.5. The van der Waals surface area contributed by atoms with Crippen molar-refractivity contribution < 1.29 is 14.4 Å². The van der Waals surface area contributed by atoms with Crippen LogP contribution < -0.4 is 5.32 Å². The molecule has 0 spiro atoms. The molecule has 1 atom stereocenters. The van der Waals surface area contributed by atoms with Gasteiger partial charge in [-0.3, -0.25) is 14.4 Å². The lowest BCUT2D eigenvalue weighted by Crippen LogP contribution is -2.55. The summed E-state index contributed by atoms with van der Waals surface area (Å²) in [4.78, 5) is 42.4. The lowest BCUT2D eigenvalue weighted by atomic mass is 9.87. The van der Waals surface area contributed by atoms with E-state index in [9.17, 15) is 14.4 Å². The summed E-state index contributed by atoms with van der Waals surface area (Å²) in [6.45, 7) is 6.95. The van der Waals surface area contributed by atoms with E-state index in [0.29, 0.717) is 31.0 Å². The van der Waals surface area contributed by atoms with Crippen molar-refractivity contribution in [2.75, 3.05) is 26.2 Å². The molecular formula is C24H35N3O3.